The Labute approximate surface area is 89.5 Å². The number of fused-ring (bicyclic) bond motifs is 1. The van der Waals surface area contributed by atoms with Crippen molar-refractivity contribution in [3.8, 4) is 0 Å². The molecule has 3 N–H and O–H groups in total. The van der Waals surface area contributed by atoms with Gasteiger partial charge in [-0.1, -0.05) is 0 Å². The van der Waals surface area contributed by atoms with Crippen molar-refractivity contribution in [2.45, 2.75) is 6.92 Å². The second-order valence-corrected chi connectivity index (χ2v) is 3.20. The standard InChI is InChI=1S/C9H8N4O3/c1-4-6(7(10)14)8-11-3-2-5(9(15)16)13(8)12-4/h2-3H,1H3,(H2,10,14)(H,15,16). The summed E-state index contributed by atoms with van der Waals surface area (Å²) in [5.74, 6) is -1.83. The van der Waals surface area contributed by atoms with E-state index in [1.165, 1.54) is 12.3 Å². The van der Waals surface area contributed by atoms with Gasteiger partial charge in [0.2, 0.25) is 0 Å². The maximum Gasteiger partial charge on any atom is 0.354 e. The van der Waals surface area contributed by atoms with Gasteiger partial charge in [0.1, 0.15) is 5.56 Å². The number of aryl methyl sites for hydroxylation is 1. The van der Waals surface area contributed by atoms with Crippen molar-refractivity contribution in [2.24, 2.45) is 5.73 Å². The van der Waals surface area contributed by atoms with Gasteiger partial charge in [-0.25, -0.2) is 14.3 Å². The monoisotopic (exact) mass is 220 g/mol. The minimum Gasteiger partial charge on any atom is -0.477 e. The lowest BCUT2D eigenvalue weighted by atomic mass is 10.2. The smallest absolute Gasteiger partial charge is 0.354 e. The molecule has 7 heteroatoms. The minimum atomic E-state index is -1.15. The Morgan fingerprint density at radius 3 is 2.75 bits per heavy atom. The van der Waals surface area contributed by atoms with Gasteiger partial charge in [0.15, 0.2) is 11.3 Å². The highest BCUT2D eigenvalue weighted by Gasteiger charge is 2.19. The van der Waals surface area contributed by atoms with Gasteiger partial charge in [0.05, 0.1) is 5.69 Å². The topological polar surface area (TPSA) is 111 Å². The van der Waals surface area contributed by atoms with Gasteiger partial charge in [0.25, 0.3) is 5.91 Å². The molecule has 0 aliphatic rings. The number of carboxylic acid groups (broad SMARTS) is 1. The largest absolute Gasteiger partial charge is 0.477 e. The van der Waals surface area contributed by atoms with Crippen LogP contribution in [0.25, 0.3) is 5.65 Å². The third-order valence-electron chi connectivity index (χ3n) is 2.16. The molecule has 0 fully saturated rings. The molecule has 0 atom stereocenters. The summed E-state index contributed by atoms with van der Waals surface area (Å²) in [6.07, 6.45) is 1.30. The van der Waals surface area contributed by atoms with Gasteiger partial charge in [-0.15, -0.1) is 0 Å². The average Bonchev–Trinajstić information content (AvgIpc) is 2.52. The van der Waals surface area contributed by atoms with Crippen LogP contribution in [0.15, 0.2) is 12.3 Å². The number of nitrogens with two attached hydrogens (primary N) is 1. The van der Waals surface area contributed by atoms with Crippen molar-refractivity contribution in [3.63, 3.8) is 0 Å². The molecule has 0 bridgehead atoms. The molecule has 2 rings (SSSR count). The number of carbonyl (C=O) groups excluding carboxylic acids is 1. The lowest BCUT2D eigenvalue weighted by Crippen LogP contribution is -2.13. The SMILES string of the molecule is Cc1nn2c(C(=O)O)ccnc2c1C(N)=O. The Balaban J connectivity index is 2.88. The minimum absolute atomic E-state index is 0.0689. The van der Waals surface area contributed by atoms with Crippen LogP contribution >= 0.6 is 0 Å². The van der Waals surface area contributed by atoms with Gasteiger partial charge in [-0.2, -0.15) is 5.10 Å². The average molecular weight is 220 g/mol. The number of hydrogen-bond donors (Lipinski definition) is 2. The Hall–Kier alpha value is -2.44. The summed E-state index contributed by atoms with van der Waals surface area (Å²) in [5, 5.41) is 12.8. The first-order chi connectivity index (χ1) is 7.52. The van der Waals surface area contributed by atoms with Crippen molar-refractivity contribution in [3.05, 3.63) is 29.2 Å². The highest BCUT2D eigenvalue weighted by atomic mass is 16.4. The predicted molar refractivity (Wildman–Crippen MR) is 53.2 cm³/mol. The lowest BCUT2D eigenvalue weighted by Gasteiger charge is -1.98. The molecule has 1 amide bonds. The maximum absolute atomic E-state index is 11.2. The van der Waals surface area contributed by atoms with Crippen molar-refractivity contribution in [2.75, 3.05) is 0 Å². The molecule has 16 heavy (non-hydrogen) atoms. The fourth-order valence-corrected chi connectivity index (χ4v) is 1.50. The van der Waals surface area contributed by atoms with E-state index >= 15 is 0 Å². The lowest BCUT2D eigenvalue weighted by molar-refractivity contribution is 0.0687. The Bertz CT molecular complexity index is 602. The zero-order valence-corrected chi connectivity index (χ0v) is 8.34. The second kappa shape index (κ2) is 3.30. The number of aromatic nitrogens is 3. The number of rotatable bonds is 2. The molecule has 7 nitrogen and oxygen atoms in total. The van der Waals surface area contributed by atoms with Gasteiger partial charge in [-0.05, 0) is 13.0 Å². The van der Waals surface area contributed by atoms with Gasteiger partial charge < -0.3 is 10.8 Å². The highest BCUT2D eigenvalue weighted by Crippen LogP contribution is 2.13. The van der Waals surface area contributed by atoms with Gasteiger partial charge in [0, 0.05) is 6.20 Å². The Morgan fingerprint density at radius 1 is 1.50 bits per heavy atom. The number of aromatic carboxylic acids is 1. The normalized spacial score (nSPS) is 10.6. The fraction of sp³-hybridized carbons (Fsp3) is 0.111. The van der Waals surface area contributed by atoms with E-state index in [0.717, 1.165) is 4.52 Å². The number of carbonyl (C=O) groups is 2. The quantitative estimate of drug-likeness (QED) is 0.730. The molecule has 0 radical (unpaired) electrons. The van der Waals surface area contributed by atoms with Crippen molar-refractivity contribution in [1.29, 1.82) is 0 Å². The predicted octanol–water partition coefficient (Wildman–Crippen LogP) is -0.165. The summed E-state index contributed by atoms with van der Waals surface area (Å²) in [5.41, 5.74) is 5.76. The zero-order valence-electron chi connectivity index (χ0n) is 8.34. The van der Waals surface area contributed by atoms with Crippen LogP contribution in [-0.4, -0.2) is 31.6 Å². The van der Waals surface area contributed by atoms with Crippen LogP contribution in [0.3, 0.4) is 0 Å². The molecule has 82 valence electrons. The van der Waals surface area contributed by atoms with Crippen molar-refractivity contribution < 1.29 is 14.7 Å². The van der Waals surface area contributed by atoms with Crippen molar-refractivity contribution in [1.82, 2.24) is 14.6 Å². The third kappa shape index (κ3) is 1.29. The van der Waals surface area contributed by atoms with Crippen LogP contribution in [0.4, 0.5) is 0 Å². The number of primary amides is 1. The fourth-order valence-electron chi connectivity index (χ4n) is 1.50. The van der Waals surface area contributed by atoms with E-state index in [0.29, 0.717) is 5.69 Å². The van der Waals surface area contributed by atoms with Crippen LogP contribution in [0.2, 0.25) is 0 Å². The van der Waals surface area contributed by atoms with Crippen LogP contribution in [0.1, 0.15) is 26.5 Å². The van der Waals surface area contributed by atoms with Gasteiger partial charge >= 0.3 is 5.97 Å². The van der Waals surface area contributed by atoms with Crippen LogP contribution in [0.5, 0.6) is 0 Å². The molecule has 2 aromatic heterocycles. The van der Waals surface area contributed by atoms with Crippen molar-refractivity contribution >= 4 is 17.5 Å². The first-order valence-electron chi connectivity index (χ1n) is 4.40. The summed E-state index contributed by atoms with van der Waals surface area (Å²) in [6.45, 7) is 1.57. The molecule has 0 unspecified atom stereocenters. The summed E-state index contributed by atoms with van der Waals surface area (Å²) in [7, 11) is 0. The number of nitrogens with zero attached hydrogens (tertiary/aromatic N) is 3. The molecule has 2 aromatic rings. The van der Waals surface area contributed by atoms with Crippen LogP contribution in [-0.2, 0) is 0 Å². The highest BCUT2D eigenvalue weighted by molar-refractivity contribution is 6.00. The Kier molecular flexibility index (Phi) is 2.08. The summed E-state index contributed by atoms with van der Waals surface area (Å²) >= 11 is 0. The first kappa shape index (κ1) is 10.1. The van der Waals surface area contributed by atoms with Crippen LogP contribution < -0.4 is 5.73 Å². The second-order valence-electron chi connectivity index (χ2n) is 3.20. The molecular formula is C9H8N4O3. The number of carboxylic acids is 1. The van der Waals surface area contributed by atoms with E-state index < -0.39 is 11.9 Å². The van der Waals surface area contributed by atoms with Gasteiger partial charge in [-0.3, -0.25) is 4.79 Å². The Morgan fingerprint density at radius 2 is 2.19 bits per heavy atom. The zero-order chi connectivity index (χ0) is 11.9. The maximum atomic E-state index is 11.2. The van der Waals surface area contributed by atoms with E-state index in [4.69, 9.17) is 10.8 Å². The van der Waals surface area contributed by atoms with E-state index in [1.54, 1.807) is 6.92 Å². The molecular weight excluding hydrogens is 212 g/mol. The van der Waals surface area contributed by atoms with Crippen LogP contribution in [0, 0.1) is 6.92 Å². The number of amides is 1. The summed E-state index contributed by atoms with van der Waals surface area (Å²) in [6, 6.07) is 1.30. The van der Waals surface area contributed by atoms with E-state index in [2.05, 4.69) is 10.1 Å². The molecule has 0 aliphatic carbocycles. The molecule has 2 heterocycles. The number of hydrogen-bond acceptors (Lipinski definition) is 4. The van der Waals surface area contributed by atoms with E-state index in [1.807, 2.05) is 0 Å². The molecule has 0 saturated heterocycles. The summed E-state index contributed by atoms with van der Waals surface area (Å²) < 4.78 is 1.10. The first-order valence-corrected chi connectivity index (χ1v) is 4.40. The molecule has 0 saturated carbocycles. The molecule has 0 aromatic carbocycles. The molecule has 0 spiro atoms. The van der Waals surface area contributed by atoms with E-state index in [-0.39, 0.29) is 16.9 Å². The third-order valence-corrected chi connectivity index (χ3v) is 2.16. The molecule has 0 aliphatic heterocycles. The summed E-state index contributed by atoms with van der Waals surface area (Å²) in [4.78, 5) is 26.0. The van der Waals surface area contributed by atoms with E-state index in [9.17, 15) is 9.59 Å².